The first-order valence-electron chi connectivity index (χ1n) is 8.42. The molecule has 0 bridgehead atoms. The summed E-state index contributed by atoms with van der Waals surface area (Å²) in [6.45, 7) is 3.48. The lowest BCUT2D eigenvalue weighted by atomic mass is 9.98. The Morgan fingerprint density at radius 3 is 2.54 bits per heavy atom. The van der Waals surface area contributed by atoms with Crippen LogP contribution in [-0.2, 0) is 4.79 Å². The average Bonchev–Trinajstić information content (AvgIpc) is 2.64. The zero-order valence-corrected chi connectivity index (χ0v) is 17.5. The fraction of sp³-hybridized carbons (Fsp3) is 0.250. The van der Waals surface area contributed by atoms with Crippen LogP contribution in [0.3, 0.4) is 0 Å². The molecule has 6 heteroatoms. The molecule has 26 heavy (non-hydrogen) atoms. The molecule has 0 spiro atoms. The van der Waals surface area contributed by atoms with Crippen LogP contribution in [-0.4, -0.2) is 35.0 Å². The molecule has 1 amide bonds. The maximum Gasteiger partial charge on any atom is 0.241 e. The fourth-order valence-electron chi connectivity index (χ4n) is 2.97. The monoisotopic (exact) mass is 478 g/mol. The number of hydrogen-bond acceptors (Lipinski definition) is 3. The Bertz CT molecular complexity index is 834. The van der Waals surface area contributed by atoms with Crippen LogP contribution in [0.5, 0.6) is 5.75 Å². The lowest BCUT2D eigenvalue weighted by Gasteiger charge is -2.31. The van der Waals surface area contributed by atoms with E-state index < -0.39 is 0 Å². The van der Waals surface area contributed by atoms with Crippen molar-refractivity contribution in [1.29, 1.82) is 0 Å². The smallest absolute Gasteiger partial charge is 0.241 e. The van der Waals surface area contributed by atoms with Crippen molar-refractivity contribution >= 4 is 49.0 Å². The highest BCUT2D eigenvalue weighted by atomic mass is 79.9. The van der Waals surface area contributed by atoms with Crippen LogP contribution in [0.2, 0.25) is 0 Å². The summed E-state index contributed by atoms with van der Waals surface area (Å²) in [6.07, 6.45) is 3.04. The molecule has 0 radical (unpaired) electrons. The molecular formula is C20H20Br2N2O2. The van der Waals surface area contributed by atoms with Crippen molar-refractivity contribution in [2.45, 2.75) is 19.4 Å². The quantitative estimate of drug-likeness (QED) is 0.646. The van der Waals surface area contributed by atoms with Crippen molar-refractivity contribution in [3.8, 4) is 5.75 Å². The van der Waals surface area contributed by atoms with Gasteiger partial charge in [-0.15, -0.1) is 0 Å². The number of amides is 1. The first-order chi connectivity index (χ1) is 12.4. The molecule has 0 aromatic heterocycles. The molecule has 0 saturated heterocycles. The SMILES string of the molecule is CC(C(=O)Nc1ccc(Br)cc1Br)N1CC=C(c2ccc(O)cc2)CC1. The highest BCUT2D eigenvalue weighted by Gasteiger charge is 2.24. The number of nitrogens with one attached hydrogen (secondary N) is 1. The number of anilines is 1. The van der Waals surface area contributed by atoms with Gasteiger partial charge in [0.15, 0.2) is 0 Å². The van der Waals surface area contributed by atoms with Gasteiger partial charge in [-0.1, -0.05) is 34.1 Å². The number of phenolic OH excluding ortho intramolecular Hbond substituents is 1. The Kier molecular flexibility index (Phi) is 6.16. The summed E-state index contributed by atoms with van der Waals surface area (Å²) in [4.78, 5) is 14.8. The Balaban J connectivity index is 1.62. The summed E-state index contributed by atoms with van der Waals surface area (Å²) in [7, 11) is 0. The second-order valence-corrected chi connectivity index (χ2v) is 8.08. The molecule has 0 saturated carbocycles. The first kappa shape index (κ1) is 19.1. The summed E-state index contributed by atoms with van der Waals surface area (Å²) in [5, 5.41) is 12.4. The number of benzene rings is 2. The van der Waals surface area contributed by atoms with E-state index in [0.717, 1.165) is 39.7 Å². The van der Waals surface area contributed by atoms with Gasteiger partial charge in [0.25, 0.3) is 0 Å². The Hall–Kier alpha value is -1.63. The lowest BCUT2D eigenvalue weighted by molar-refractivity contribution is -0.120. The number of hydrogen-bond donors (Lipinski definition) is 2. The van der Waals surface area contributed by atoms with E-state index in [9.17, 15) is 9.90 Å². The van der Waals surface area contributed by atoms with E-state index in [-0.39, 0.29) is 17.7 Å². The Labute approximate surface area is 170 Å². The normalized spacial score (nSPS) is 16.0. The number of aromatic hydroxyl groups is 1. The maximum atomic E-state index is 12.6. The third-order valence-electron chi connectivity index (χ3n) is 4.59. The second-order valence-electron chi connectivity index (χ2n) is 6.31. The van der Waals surface area contributed by atoms with Gasteiger partial charge in [-0.3, -0.25) is 9.69 Å². The number of halogens is 2. The van der Waals surface area contributed by atoms with Crippen molar-refractivity contribution in [2.24, 2.45) is 0 Å². The van der Waals surface area contributed by atoms with Crippen molar-refractivity contribution in [3.63, 3.8) is 0 Å². The standard InChI is InChI=1S/C20H20Br2N2O2/c1-13(20(26)23-19-7-4-16(21)12-18(19)22)24-10-8-15(9-11-24)14-2-5-17(25)6-3-14/h2-8,12-13,25H,9-11H2,1H3,(H,23,26). The van der Waals surface area contributed by atoms with Gasteiger partial charge >= 0.3 is 0 Å². The summed E-state index contributed by atoms with van der Waals surface area (Å²) in [6, 6.07) is 12.7. The number of phenols is 1. The van der Waals surface area contributed by atoms with Crippen LogP contribution in [0.4, 0.5) is 5.69 Å². The predicted octanol–water partition coefficient (Wildman–Crippen LogP) is 5.03. The largest absolute Gasteiger partial charge is 0.508 e. The van der Waals surface area contributed by atoms with Gasteiger partial charge in [-0.25, -0.2) is 0 Å². The van der Waals surface area contributed by atoms with Crippen LogP contribution in [0.1, 0.15) is 18.9 Å². The van der Waals surface area contributed by atoms with Gasteiger partial charge in [0.2, 0.25) is 5.91 Å². The molecule has 1 aliphatic heterocycles. The van der Waals surface area contributed by atoms with Crippen molar-refractivity contribution in [3.05, 3.63) is 63.0 Å². The molecular weight excluding hydrogens is 460 g/mol. The Morgan fingerprint density at radius 2 is 1.92 bits per heavy atom. The van der Waals surface area contributed by atoms with E-state index in [4.69, 9.17) is 0 Å². The van der Waals surface area contributed by atoms with E-state index >= 15 is 0 Å². The molecule has 1 unspecified atom stereocenters. The van der Waals surface area contributed by atoms with E-state index in [1.54, 1.807) is 12.1 Å². The molecule has 1 atom stereocenters. The molecule has 2 aromatic carbocycles. The molecule has 0 aliphatic carbocycles. The van der Waals surface area contributed by atoms with E-state index in [1.807, 2.05) is 37.3 Å². The van der Waals surface area contributed by atoms with Crippen molar-refractivity contribution < 1.29 is 9.90 Å². The van der Waals surface area contributed by atoms with Gasteiger partial charge in [-0.2, -0.15) is 0 Å². The second kappa shape index (κ2) is 8.37. The van der Waals surface area contributed by atoms with E-state index in [1.165, 1.54) is 5.57 Å². The average molecular weight is 480 g/mol. The van der Waals surface area contributed by atoms with Crippen LogP contribution in [0.15, 0.2) is 57.5 Å². The summed E-state index contributed by atoms with van der Waals surface area (Å²) in [5.74, 6) is 0.255. The zero-order valence-electron chi connectivity index (χ0n) is 14.4. The molecule has 2 aromatic rings. The molecule has 1 heterocycles. The Morgan fingerprint density at radius 1 is 1.19 bits per heavy atom. The molecule has 4 nitrogen and oxygen atoms in total. The number of carbonyl (C=O) groups excluding carboxylic acids is 1. The minimum Gasteiger partial charge on any atom is -0.508 e. The molecule has 136 valence electrons. The fourth-order valence-corrected chi connectivity index (χ4v) is 4.11. The highest BCUT2D eigenvalue weighted by Crippen LogP contribution is 2.27. The van der Waals surface area contributed by atoms with Gasteiger partial charge in [-0.05, 0) is 70.7 Å². The molecule has 2 N–H and O–H groups in total. The van der Waals surface area contributed by atoms with Crippen LogP contribution < -0.4 is 5.32 Å². The topological polar surface area (TPSA) is 52.6 Å². The maximum absolute atomic E-state index is 12.6. The first-order valence-corrected chi connectivity index (χ1v) is 10.0. The van der Waals surface area contributed by atoms with Crippen LogP contribution in [0.25, 0.3) is 5.57 Å². The van der Waals surface area contributed by atoms with Crippen molar-refractivity contribution in [2.75, 3.05) is 18.4 Å². The third-order valence-corrected chi connectivity index (χ3v) is 5.74. The van der Waals surface area contributed by atoms with Gasteiger partial charge < -0.3 is 10.4 Å². The van der Waals surface area contributed by atoms with Gasteiger partial charge in [0.05, 0.1) is 11.7 Å². The highest BCUT2D eigenvalue weighted by molar-refractivity contribution is 9.11. The van der Waals surface area contributed by atoms with Crippen LogP contribution >= 0.6 is 31.9 Å². The third kappa shape index (κ3) is 4.55. The number of carbonyl (C=O) groups is 1. The minimum atomic E-state index is -0.219. The number of rotatable bonds is 4. The van der Waals surface area contributed by atoms with Crippen molar-refractivity contribution in [1.82, 2.24) is 4.90 Å². The van der Waals surface area contributed by atoms with Crippen LogP contribution in [0, 0.1) is 0 Å². The zero-order chi connectivity index (χ0) is 18.7. The molecule has 3 rings (SSSR count). The minimum absolute atomic E-state index is 0.0190. The predicted molar refractivity (Wildman–Crippen MR) is 112 cm³/mol. The summed E-state index contributed by atoms with van der Waals surface area (Å²) >= 11 is 6.89. The molecule has 1 aliphatic rings. The lowest BCUT2D eigenvalue weighted by Crippen LogP contribution is -2.44. The van der Waals surface area contributed by atoms with E-state index in [0.29, 0.717) is 0 Å². The van der Waals surface area contributed by atoms with Gasteiger partial charge in [0.1, 0.15) is 5.75 Å². The molecule has 0 fully saturated rings. The summed E-state index contributed by atoms with van der Waals surface area (Å²) in [5.41, 5.74) is 3.14. The summed E-state index contributed by atoms with van der Waals surface area (Å²) < 4.78 is 1.80. The number of nitrogens with zero attached hydrogens (tertiary/aromatic N) is 1. The van der Waals surface area contributed by atoms with E-state index in [2.05, 4.69) is 48.2 Å². The van der Waals surface area contributed by atoms with Gasteiger partial charge in [0, 0.05) is 22.0 Å².